The Morgan fingerprint density at radius 1 is 1.29 bits per heavy atom. The fourth-order valence-corrected chi connectivity index (χ4v) is 1.76. The normalized spacial score (nSPS) is 10.3. The highest BCUT2D eigenvalue weighted by Gasteiger charge is 2.01. The molecule has 0 bridgehead atoms. The third-order valence-electron chi connectivity index (χ3n) is 2.90. The van der Waals surface area contributed by atoms with Gasteiger partial charge in [0, 0.05) is 31.9 Å². The minimum absolute atomic E-state index is 0.0961. The number of carbonyl (C=O) groups excluding carboxylic acids is 1. The largest absolute Gasteiger partial charge is 0.367 e. The summed E-state index contributed by atoms with van der Waals surface area (Å²) in [4.78, 5) is 11.4. The summed E-state index contributed by atoms with van der Waals surface area (Å²) in [5.74, 6) is 1.44. The van der Waals surface area contributed by atoms with Gasteiger partial charge in [0.1, 0.15) is 5.82 Å². The Labute approximate surface area is 123 Å². The molecule has 2 aromatic rings. The van der Waals surface area contributed by atoms with Crippen LogP contribution in [0.1, 0.15) is 26.2 Å². The van der Waals surface area contributed by atoms with Crippen molar-refractivity contribution in [1.82, 2.24) is 25.3 Å². The summed E-state index contributed by atoms with van der Waals surface area (Å²) in [6, 6.07) is 5.50. The lowest BCUT2D eigenvalue weighted by molar-refractivity contribution is -0.121. The second-order valence-corrected chi connectivity index (χ2v) is 4.61. The molecule has 0 aliphatic carbocycles. The lowest BCUT2D eigenvalue weighted by atomic mass is 10.2. The van der Waals surface area contributed by atoms with Gasteiger partial charge in [-0.2, -0.15) is 5.10 Å². The molecule has 2 aromatic heterocycles. The molecule has 0 atom stereocenters. The molecule has 0 radical (unpaired) electrons. The van der Waals surface area contributed by atoms with E-state index >= 15 is 0 Å². The minimum Gasteiger partial charge on any atom is -0.367 e. The Balaban J connectivity index is 1.71. The smallest absolute Gasteiger partial charge is 0.220 e. The SMILES string of the molecule is CCCCC(=O)NCCNc1ccc(-n2cccn2)nn1. The molecular formula is C14H20N6O. The van der Waals surface area contributed by atoms with Crippen LogP contribution in [0.25, 0.3) is 5.82 Å². The standard InChI is InChI=1S/C14H20N6O/c1-2-3-5-14(21)16-10-9-15-12-6-7-13(19-18-12)20-11-4-8-17-20/h4,6-8,11H,2-3,5,9-10H2,1H3,(H,15,18)(H,16,21). The summed E-state index contributed by atoms with van der Waals surface area (Å²) in [6.07, 6.45) is 6.05. The number of nitrogens with zero attached hydrogens (tertiary/aromatic N) is 4. The fourth-order valence-electron chi connectivity index (χ4n) is 1.76. The van der Waals surface area contributed by atoms with Crippen molar-refractivity contribution in [2.45, 2.75) is 26.2 Å². The van der Waals surface area contributed by atoms with E-state index in [1.165, 1.54) is 0 Å². The molecule has 0 aliphatic heterocycles. The van der Waals surface area contributed by atoms with Crippen LogP contribution in [0.4, 0.5) is 5.82 Å². The predicted octanol–water partition coefficient (Wildman–Crippen LogP) is 1.38. The van der Waals surface area contributed by atoms with Crippen LogP contribution < -0.4 is 10.6 Å². The van der Waals surface area contributed by atoms with Gasteiger partial charge in [-0.25, -0.2) is 4.68 Å². The quantitative estimate of drug-likeness (QED) is 0.717. The second kappa shape index (κ2) is 7.98. The van der Waals surface area contributed by atoms with E-state index in [-0.39, 0.29) is 5.91 Å². The van der Waals surface area contributed by atoms with Gasteiger partial charge in [-0.05, 0) is 24.6 Å². The maximum Gasteiger partial charge on any atom is 0.220 e. The van der Waals surface area contributed by atoms with E-state index in [1.807, 2.05) is 24.4 Å². The highest BCUT2D eigenvalue weighted by Crippen LogP contribution is 2.04. The van der Waals surface area contributed by atoms with Crippen molar-refractivity contribution in [2.24, 2.45) is 0 Å². The summed E-state index contributed by atoms with van der Waals surface area (Å²) in [6.45, 7) is 3.26. The molecule has 0 saturated heterocycles. The maximum absolute atomic E-state index is 11.4. The van der Waals surface area contributed by atoms with E-state index in [4.69, 9.17) is 0 Å². The van der Waals surface area contributed by atoms with Gasteiger partial charge in [-0.3, -0.25) is 4.79 Å². The number of unbranched alkanes of at least 4 members (excludes halogenated alkanes) is 1. The lowest BCUT2D eigenvalue weighted by Crippen LogP contribution is -2.28. The molecule has 2 rings (SSSR count). The highest BCUT2D eigenvalue weighted by atomic mass is 16.1. The molecule has 0 aromatic carbocycles. The van der Waals surface area contributed by atoms with Crippen molar-refractivity contribution in [3.8, 4) is 5.82 Å². The van der Waals surface area contributed by atoms with Gasteiger partial charge in [0.05, 0.1) is 0 Å². The Morgan fingerprint density at radius 2 is 2.19 bits per heavy atom. The first kappa shape index (κ1) is 15.0. The highest BCUT2D eigenvalue weighted by molar-refractivity contribution is 5.75. The van der Waals surface area contributed by atoms with Gasteiger partial charge in [0.25, 0.3) is 0 Å². The molecule has 21 heavy (non-hydrogen) atoms. The Kier molecular flexibility index (Phi) is 5.69. The molecule has 0 spiro atoms. The van der Waals surface area contributed by atoms with E-state index in [0.29, 0.717) is 31.1 Å². The van der Waals surface area contributed by atoms with Crippen LogP contribution in [0.2, 0.25) is 0 Å². The van der Waals surface area contributed by atoms with Crippen LogP contribution in [-0.4, -0.2) is 39.0 Å². The zero-order valence-electron chi connectivity index (χ0n) is 12.1. The topological polar surface area (TPSA) is 84.7 Å². The monoisotopic (exact) mass is 288 g/mol. The lowest BCUT2D eigenvalue weighted by Gasteiger charge is -2.07. The summed E-state index contributed by atoms with van der Waals surface area (Å²) in [5, 5.41) is 18.2. The molecule has 7 nitrogen and oxygen atoms in total. The third kappa shape index (κ3) is 4.87. The van der Waals surface area contributed by atoms with Gasteiger partial charge < -0.3 is 10.6 Å². The number of hydrogen-bond donors (Lipinski definition) is 2. The van der Waals surface area contributed by atoms with Gasteiger partial charge in [-0.15, -0.1) is 10.2 Å². The number of carbonyl (C=O) groups is 1. The van der Waals surface area contributed by atoms with Crippen molar-refractivity contribution in [3.63, 3.8) is 0 Å². The number of rotatable bonds is 8. The fraction of sp³-hybridized carbons (Fsp3) is 0.429. The first-order chi connectivity index (χ1) is 10.3. The van der Waals surface area contributed by atoms with Gasteiger partial charge in [0.15, 0.2) is 5.82 Å². The first-order valence-corrected chi connectivity index (χ1v) is 7.14. The summed E-state index contributed by atoms with van der Waals surface area (Å²) < 4.78 is 1.64. The zero-order valence-corrected chi connectivity index (χ0v) is 12.1. The summed E-state index contributed by atoms with van der Waals surface area (Å²) in [5.41, 5.74) is 0. The van der Waals surface area contributed by atoms with E-state index in [2.05, 4.69) is 32.9 Å². The number of hydrogen-bond acceptors (Lipinski definition) is 5. The molecule has 7 heteroatoms. The molecule has 0 fully saturated rings. The zero-order chi connectivity index (χ0) is 14.9. The third-order valence-corrected chi connectivity index (χ3v) is 2.90. The van der Waals surface area contributed by atoms with Crippen LogP contribution in [0, 0.1) is 0 Å². The van der Waals surface area contributed by atoms with E-state index in [0.717, 1.165) is 12.8 Å². The number of anilines is 1. The van der Waals surface area contributed by atoms with Crippen molar-refractivity contribution in [2.75, 3.05) is 18.4 Å². The molecule has 0 saturated carbocycles. The molecule has 2 heterocycles. The molecule has 112 valence electrons. The van der Waals surface area contributed by atoms with Gasteiger partial charge in [-0.1, -0.05) is 13.3 Å². The number of aromatic nitrogens is 4. The molecule has 1 amide bonds. The second-order valence-electron chi connectivity index (χ2n) is 4.61. The van der Waals surface area contributed by atoms with E-state index in [9.17, 15) is 4.79 Å². The molecule has 2 N–H and O–H groups in total. The Hall–Kier alpha value is -2.44. The Bertz CT molecular complexity index is 537. The minimum atomic E-state index is 0.0961. The number of amides is 1. The van der Waals surface area contributed by atoms with Crippen molar-refractivity contribution < 1.29 is 4.79 Å². The van der Waals surface area contributed by atoms with Crippen LogP contribution in [-0.2, 0) is 4.79 Å². The molecule has 0 unspecified atom stereocenters. The Morgan fingerprint density at radius 3 is 2.86 bits per heavy atom. The predicted molar refractivity (Wildman–Crippen MR) is 80.2 cm³/mol. The van der Waals surface area contributed by atoms with Crippen LogP contribution >= 0.6 is 0 Å². The summed E-state index contributed by atoms with van der Waals surface area (Å²) >= 11 is 0. The van der Waals surface area contributed by atoms with Crippen LogP contribution in [0.15, 0.2) is 30.6 Å². The molecular weight excluding hydrogens is 268 g/mol. The van der Waals surface area contributed by atoms with Crippen LogP contribution in [0.5, 0.6) is 0 Å². The van der Waals surface area contributed by atoms with E-state index < -0.39 is 0 Å². The van der Waals surface area contributed by atoms with Crippen molar-refractivity contribution >= 4 is 11.7 Å². The number of nitrogens with one attached hydrogen (secondary N) is 2. The first-order valence-electron chi connectivity index (χ1n) is 7.14. The summed E-state index contributed by atoms with van der Waals surface area (Å²) in [7, 11) is 0. The average Bonchev–Trinajstić information content (AvgIpc) is 3.04. The van der Waals surface area contributed by atoms with Crippen LogP contribution in [0.3, 0.4) is 0 Å². The van der Waals surface area contributed by atoms with Gasteiger partial charge in [0.2, 0.25) is 5.91 Å². The van der Waals surface area contributed by atoms with E-state index in [1.54, 1.807) is 10.9 Å². The maximum atomic E-state index is 11.4. The van der Waals surface area contributed by atoms with Gasteiger partial charge >= 0.3 is 0 Å². The average molecular weight is 288 g/mol. The van der Waals surface area contributed by atoms with Crippen molar-refractivity contribution in [3.05, 3.63) is 30.6 Å². The molecule has 0 aliphatic rings. The van der Waals surface area contributed by atoms with Crippen molar-refractivity contribution in [1.29, 1.82) is 0 Å².